The van der Waals surface area contributed by atoms with Crippen molar-refractivity contribution in [2.75, 3.05) is 0 Å². The molecule has 2 aromatic rings. The number of rotatable bonds is 1. The van der Waals surface area contributed by atoms with E-state index in [1.165, 1.54) is 16.7 Å². The molecule has 1 aliphatic heterocycles. The van der Waals surface area contributed by atoms with Crippen molar-refractivity contribution in [3.8, 4) is 0 Å². The highest BCUT2D eigenvalue weighted by Crippen LogP contribution is 2.87. The summed E-state index contributed by atoms with van der Waals surface area (Å²) in [6.45, 7) is 9.23. The lowest BCUT2D eigenvalue weighted by Gasteiger charge is -2.45. The maximum absolute atomic E-state index is 6.59. The Hall–Kier alpha value is -0.640. The smallest absolute Gasteiger partial charge is 0.0827 e. The molecule has 2 nitrogen and oxygen atoms in total. The zero-order valence-corrected chi connectivity index (χ0v) is 14.9. The van der Waals surface area contributed by atoms with Gasteiger partial charge in [0, 0.05) is 16.4 Å². The molecule has 0 bridgehead atoms. The number of hydrogen-bond donors (Lipinski definition) is 0. The average Bonchev–Trinajstić information content (AvgIpc) is 3.24. The van der Waals surface area contributed by atoms with E-state index in [1.54, 1.807) is 11.3 Å². The van der Waals surface area contributed by atoms with Crippen molar-refractivity contribution < 1.29 is 4.74 Å². The molecule has 3 fully saturated rings. The number of halogens is 1. The SMILES string of the molecule is CC1(C)OC2[C@H](c3cc4scnc4cc3Cl)C23CC3C1(C)C. The number of fused-ring (bicyclic) bond motifs is 1. The van der Waals surface area contributed by atoms with Crippen molar-refractivity contribution in [2.24, 2.45) is 16.7 Å². The molecule has 1 spiro atoms. The molecule has 5 rings (SSSR count). The van der Waals surface area contributed by atoms with Gasteiger partial charge in [-0.25, -0.2) is 4.98 Å². The molecule has 2 aliphatic carbocycles. The number of aromatic nitrogens is 1. The topological polar surface area (TPSA) is 22.1 Å². The van der Waals surface area contributed by atoms with Gasteiger partial charge in [0.25, 0.3) is 0 Å². The Bertz CT molecular complexity index is 811. The molecule has 4 heteroatoms. The molecule has 3 aliphatic rings. The molecule has 2 saturated carbocycles. The predicted molar refractivity (Wildman–Crippen MR) is 90.6 cm³/mol. The lowest BCUT2D eigenvalue weighted by atomic mass is 9.71. The molecule has 0 N–H and O–H groups in total. The van der Waals surface area contributed by atoms with Gasteiger partial charge in [-0.05, 0) is 49.3 Å². The molecule has 1 aromatic heterocycles. The van der Waals surface area contributed by atoms with E-state index in [1.807, 2.05) is 11.6 Å². The van der Waals surface area contributed by atoms with Crippen LogP contribution < -0.4 is 0 Å². The van der Waals surface area contributed by atoms with Gasteiger partial charge in [-0.15, -0.1) is 11.3 Å². The summed E-state index contributed by atoms with van der Waals surface area (Å²) >= 11 is 8.28. The molecule has 1 aromatic carbocycles. The number of nitrogens with zero attached hydrogens (tertiary/aromatic N) is 1. The van der Waals surface area contributed by atoms with Gasteiger partial charge in [0.05, 0.1) is 27.4 Å². The second kappa shape index (κ2) is 3.71. The first kappa shape index (κ1) is 13.8. The van der Waals surface area contributed by atoms with Gasteiger partial charge in [0.15, 0.2) is 0 Å². The van der Waals surface area contributed by atoms with Crippen molar-refractivity contribution >= 4 is 33.2 Å². The minimum Gasteiger partial charge on any atom is -0.371 e. The van der Waals surface area contributed by atoms with E-state index in [4.69, 9.17) is 16.3 Å². The van der Waals surface area contributed by atoms with Gasteiger partial charge in [-0.2, -0.15) is 0 Å². The van der Waals surface area contributed by atoms with Crippen molar-refractivity contribution in [1.82, 2.24) is 4.98 Å². The highest BCUT2D eigenvalue weighted by molar-refractivity contribution is 7.16. The van der Waals surface area contributed by atoms with E-state index in [0.29, 0.717) is 17.4 Å². The Balaban J connectivity index is 1.60. The maximum atomic E-state index is 6.59. The molecule has 0 radical (unpaired) electrons. The molecule has 116 valence electrons. The third-order valence-electron chi connectivity index (χ3n) is 6.98. The van der Waals surface area contributed by atoms with Crippen LogP contribution in [0.2, 0.25) is 5.02 Å². The first-order chi connectivity index (χ1) is 10.3. The van der Waals surface area contributed by atoms with Gasteiger partial charge in [0.2, 0.25) is 0 Å². The Morgan fingerprint density at radius 2 is 2.05 bits per heavy atom. The molecule has 1 saturated heterocycles. The summed E-state index contributed by atoms with van der Waals surface area (Å²) in [6, 6.07) is 4.28. The second-order valence-electron chi connectivity index (χ2n) is 8.31. The van der Waals surface area contributed by atoms with Crippen LogP contribution in [-0.2, 0) is 4.74 Å². The second-order valence-corrected chi connectivity index (χ2v) is 9.60. The number of hydrogen-bond acceptors (Lipinski definition) is 3. The van der Waals surface area contributed by atoms with Gasteiger partial charge in [-0.1, -0.05) is 25.4 Å². The number of ether oxygens (including phenoxy) is 1. The monoisotopic (exact) mass is 333 g/mol. The van der Waals surface area contributed by atoms with Crippen LogP contribution >= 0.6 is 22.9 Å². The summed E-state index contributed by atoms with van der Waals surface area (Å²) in [5.41, 5.74) is 4.69. The van der Waals surface area contributed by atoms with Crippen molar-refractivity contribution in [2.45, 2.75) is 51.7 Å². The fourth-order valence-electron chi connectivity index (χ4n) is 4.95. The molecule has 2 heterocycles. The Labute approximate surface area is 139 Å². The standard InChI is InChI=1S/C18H20ClNOS/c1-16(2)13-7-18(13)14(15(18)21-17(16,3)4)9-5-12-11(6-10(9)19)20-8-22-12/h5-6,8,13-15H,7H2,1-4H3/t13?,14-,15?,18?/m0/s1. The minimum absolute atomic E-state index is 0.0713. The quantitative estimate of drug-likeness (QED) is 0.710. The molecule has 22 heavy (non-hydrogen) atoms. The largest absolute Gasteiger partial charge is 0.371 e. The molecular weight excluding hydrogens is 314 g/mol. The van der Waals surface area contributed by atoms with Crippen LogP contribution in [0.3, 0.4) is 0 Å². The fraction of sp³-hybridized carbons (Fsp3) is 0.611. The predicted octanol–water partition coefficient (Wildman–Crippen LogP) is 5.26. The van der Waals surface area contributed by atoms with E-state index in [-0.39, 0.29) is 11.0 Å². The maximum Gasteiger partial charge on any atom is 0.0827 e. The normalized spacial score (nSPS) is 40.1. The third-order valence-corrected chi connectivity index (χ3v) is 8.10. The van der Waals surface area contributed by atoms with Gasteiger partial charge >= 0.3 is 0 Å². The summed E-state index contributed by atoms with van der Waals surface area (Å²) in [7, 11) is 0. The van der Waals surface area contributed by atoms with Crippen LogP contribution in [0.15, 0.2) is 17.6 Å². The first-order valence-electron chi connectivity index (χ1n) is 7.99. The molecule has 3 unspecified atom stereocenters. The average molecular weight is 334 g/mol. The van der Waals surface area contributed by atoms with E-state index in [2.05, 4.69) is 38.7 Å². The Morgan fingerprint density at radius 3 is 2.82 bits per heavy atom. The highest BCUT2D eigenvalue weighted by Gasteiger charge is 2.86. The summed E-state index contributed by atoms with van der Waals surface area (Å²) in [5.74, 6) is 1.23. The number of benzene rings is 1. The zero-order chi connectivity index (χ0) is 15.5. The van der Waals surface area contributed by atoms with Crippen molar-refractivity contribution in [3.05, 3.63) is 28.2 Å². The first-order valence-corrected chi connectivity index (χ1v) is 9.25. The van der Waals surface area contributed by atoms with E-state index < -0.39 is 0 Å². The highest BCUT2D eigenvalue weighted by atomic mass is 35.5. The summed E-state index contributed by atoms with van der Waals surface area (Å²) < 4.78 is 7.78. The molecular formula is C18H20ClNOS. The molecule has 0 amide bonds. The van der Waals surface area contributed by atoms with Crippen LogP contribution in [0.25, 0.3) is 10.2 Å². The van der Waals surface area contributed by atoms with E-state index in [9.17, 15) is 0 Å². The summed E-state index contributed by atoms with van der Waals surface area (Å²) in [4.78, 5) is 4.37. The van der Waals surface area contributed by atoms with Crippen molar-refractivity contribution in [1.29, 1.82) is 0 Å². The summed E-state index contributed by atoms with van der Waals surface area (Å²) in [6.07, 6.45) is 1.64. The van der Waals surface area contributed by atoms with Gasteiger partial charge < -0.3 is 4.74 Å². The third kappa shape index (κ3) is 1.40. The van der Waals surface area contributed by atoms with E-state index in [0.717, 1.165) is 16.5 Å². The van der Waals surface area contributed by atoms with Crippen LogP contribution in [0.4, 0.5) is 0 Å². The van der Waals surface area contributed by atoms with Crippen molar-refractivity contribution in [3.63, 3.8) is 0 Å². The van der Waals surface area contributed by atoms with Crippen LogP contribution in [0.1, 0.15) is 45.6 Å². The summed E-state index contributed by atoms with van der Waals surface area (Å²) in [5, 5.41) is 0.858. The van der Waals surface area contributed by atoms with Gasteiger partial charge in [-0.3, -0.25) is 0 Å². The van der Waals surface area contributed by atoms with Crippen LogP contribution in [0.5, 0.6) is 0 Å². The van der Waals surface area contributed by atoms with Crippen LogP contribution in [-0.4, -0.2) is 16.7 Å². The Kier molecular flexibility index (Phi) is 2.32. The number of thiazole rings is 1. The molecule has 4 atom stereocenters. The van der Waals surface area contributed by atoms with Gasteiger partial charge in [0.1, 0.15) is 0 Å². The lowest BCUT2D eigenvalue weighted by Crippen LogP contribution is -2.47. The lowest BCUT2D eigenvalue weighted by molar-refractivity contribution is -0.145. The zero-order valence-electron chi connectivity index (χ0n) is 13.3. The Morgan fingerprint density at radius 1 is 1.27 bits per heavy atom. The fourth-order valence-corrected chi connectivity index (χ4v) is 5.94. The minimum atomic E-state index is -0.0713. The van der Waals surface area contributed by atoms with Crippen LogP contribution in [0, 0.1) is 16.7 Å². The van der Waals surface area contributed by atoms with E-state index >= 15 is 0 Å².